The predicted octanol–water partition coefficient (Wildman–Crippen LogP) is 0.572. The molecule has 0 aromatic rings. The average Bonchev–Trinajstić information content (AvgIpc) is 1.37. The van der Waals surface area contributed by atoms with Gasteiger partial charge in [0.05, 0.1) is 0 Å². The summed E-state index contributed by atoms with van der Waals surface area (Å²) in [5, 5.41) is 0. The first kappa shape index (κ1) is 5.60. The molecule has 0 atom stereocenters. The van der Waals surface area contributed by atoms with Crippen LogP contribution in [0.1, 0.15) is 0 Å². The first-order valence-corrected chi connectivity index (χ1v) is 4.08. The molecule has 0 aliphatic carbocycles. The van der Waals surface area contributed by atoms with Crippen LogP contribution in [-0.2, 0) is 4.65 Å². The van der Waals surface area contributed by atoms with Gasteiger partial charge in [0.25, 0.3) is 0 Å². The second-order valence-corrected chi connectivity index (χ2v) is 1.83. The van der Waals surface area contributed by atoms with Gasteiger partial charge in [-0.1, -0.05) is 0 Å². The summed E-state index contributed by atoms with van der Waals surface area (Å²) < 4.78 is 15.3. The zero-order chi connectivity index (χ0) is 3.41. The summed E-state index contributed by atoms with van der Waals surface area (Å²) in [6, 6.07) is 0. The molecule has 0 rings (SSSR count). The summed E-state index contributed by atoms with van der Waals surface area (Å²) in [5.41, 5.74) is 0. The minimum absolute atomic E-state index is 0.594. The molecule has 24 valence electrons. The van der Waals surface area contributed by atoms with Gasteiger partial charge in [-0.05, 0) is 0 Å². The molecule has 0 aromatic heterocycles. The van der Waals surface area contributed by atoms with Crippen LogP contribution in [0.25, 0.3) is 0 Å². The molecule has 0 fully saturated rings. The third-order valence-electron chi connectivity index (χ3n) is 0.0273. The van der Waals surface area contributed by atoms with Gasteiger partial charge in [0.15, 0.2) is 0 Å². The van der Waals surface area contributed by atoms with Crippen LogP contribution in [0.2, 0.25) is 0 Å². The van der Waals surface area contributed by atoms with Crippen LogP contribution in [0.15, 0.2) is 0 Å². The molecule has 0 unspecified atom stereocenters. The van der Waals surface area contributed by atoms with Crippen molar-refractivity contribution in [2.45, 2.75) is 0 Å². The molecule has 0 aliphatic heterocycles. The molecule has 0 spiro atoms. The van der Waals surface area contributed by atoms with Crippen LogP contribution in [0.3, 0.4) is 0 Å². The number of hydrogen-bond acceptors (Lipinski definition) is 0. The number of halogens is 1. The summed E-state index contributed by atoms with van der Waals surface area (Å²) in [6.07, 6.45) is 0. The van der Waals surface area contributed by atoms with E-state index in [9.17, 15) is 0 Å². The van der Waals surface area contributed by atoms with Gasteiger partial charge >= 0.3 is 51.9 Å². The van der Waals surface area contributed by atoms with Crippen molar-refractivity contribution in [3.8, 4) is 0.615 Å². The van der Waals surface area contributed by atoms with E-state index in [-0.39, 0.29) is 0 Å². The third-order valence-corrected chi connectivity index (χ3v) is 0.549. The topological polar surface area (TPSA) is 19.9 Å². The molecular formula is CClOXe+. The Morgan fingerprint density at radius 2 is 2.25 bits per heavy atom. The van der Waals surface area contributed by atoms with Crippen LogP contribution in [-0.4, -0.2) is 0 Å². The van der Waals surface area contributed by atoms with Crippen LogP contribution < -0.4 is 0 Å². The fourth-order valence-corrected chi connectivity index (χ4v) is 0. The van der Waals surface area contributed by atoms with Crippen molar-refractivity contribution in [1.29, 1.82) is 0 Å². The minimum atomic E-state index is -0.594. The van der Waals surface area contributed by atoms with E-state index in [4.69, 9.17) is 8.90 Å². The van der Waals surface area contributed by atoms with Crippen molar-refractivity contribution in [2.75, 3.05) is 0 Å². The first-order valence-electron chi connectivity index (χ1n) is 0.515. The van der Waals surface area contributed by atoms with Crippen molar-refractivity contribution in [1.82, 2.24) is 0 Å². The third kappa shape index (κ3) is 3.60. The molecule has 0 aromatic carbocycles. The number of rotatable bonds is 0. The predicted molar refractivity (Wildman–Crippen MR) is 10.4 cm³/mol. The summed E-state index contributed by atoms with van der Waals surface area (Å²) >= 11 is -0.594. The first-order chi connectivity index (χ1) is 1.91. The van der Waals surface area contributed by atoms with E-state index in [1.54, 1.807) is 0 Å². The summed E-state index contributed by atoms with van der Waals surface area (Å²) in [7, 11) is 0. The zero-order valence-corrected chi connectivity index (χ0v) is 4.41. The van der Waals surface area contributed by atoms with Gasteiger partial charge in [0.2, 0.25) is 0 Å². The molecule has 4 heavy (non-hydrogen) atoms. The molecule has 0 bridgehead atoms. The fourth-order valence-electron chi connectivity index (χ4n) is 0. The molecule has 0 radical (unpaired) electrons. The molecule has 0 amide bonds. The summed E-state index contributed by atoms with van der Waals surface area (Å²) in [6.45, 7) is 0. The summed E-state index contributed by atoms with van der Waals surface area (Å²) in [5.74, 6) is 0. The van der Waals surface area contributed by atoms with E-state index >= 15 is 0 Å². The monoisotopic (exact) mass is 195 g/mol. The molecule has 1 nitrogen and oxygen atoms in total. The van der Waals surface area contributed by atoms with Gasteiger partial charge < -0.3 is 0 Å². The Kier molecular flexibility index (Phi) is 6.44. The molecule has 3 heteroatoms. The van der Waals surface area contributed by atoms with E-state index in [0.29, 0.717) is 0 Å². The van der Waals surface area contributed by atoms with E-state index in [0.717, 1.165) is 0 Å². The van der Waals surface area contributed by atoms with Crippen molar-refractivity contribution in [3.05, 3.63) is 0 Å². The van der Waals surface area contributed by atoms with Crippen molar-refractivity contribution in [3.63, 3.8) is 0 Å². The zero-order valence-electron chi connectivity index (χ0n) is 1.64. The molecule has 0 aliphatic rings. The standard InChI is InChI=1S/CClOXe/c2-4-1-3/q+1. The van der Waals surface area contributed by atoms with Crippen molar-refractivity contribution in [2.24, 2.45) is 0 Å². The van der Waals surface area contributed by atoms with Crippen molar-refractivity contribution >= 4 is 4.25 Å². The Labute approximate surface area is 50.7 Å². The Hall–Kier alpha value is 1.60. The van der Waals surface area contributed by atoms with Gasteiger partial charge in [-0.3, -0.25) is 0 Å². The van der Waals surface area contributed by atoms with Gasteiger partial charge in [-0.25, -0.2) is 0 Å². The average molecular weight is 195 g/mol. The van der Waals surface area contributed by atoms with Crippen LogP contribution in [0, 0.1) is 43.0 Å². The van der Waals surface area contributed by atoms with Gasteiger partial charge in [-0.15, -0.1) is 0 Å². The van der Waals surface area contributed by atoms with E-state index in [2.05, 4.69) is 0 Å². The van der Waals surface area contributed by atoms with E-state index in [1.807, 2.05) is 0 Å². The molecule has 0 saturated heterocycles. The van der Waals surface area contributed by atoms with E-state index < -0.39 is 42.4 Å². The quantitative estimate of drug-likeness (QED) is 0.503. The molecule has 0 saturated carbocycles. The SMILES string of the molecule is [O+]#C[Xe]Cl. The maximum absolute atomic E-state index is 8.96. The van der Waals surface area contributed by atoms with Crippen LogP contribution in [0.4, 0.5) is 0 Å². The molecule has 0 N–H and O–H groups in total. The Morgan fingerprint density at radius 3 is 2.25 bits per heavy atom. The molecular weight excluding hydrogens is 195 g/mol. The Bertz CT molecular complexity index is 37.8. The van der Waals surface area contributed by atoms with Crippen LogP contribution in [0.5, 0.6) is 0 Å². The second-order valence-electron chi connectivity index (χ2n) is 0.139. The fraction of sp³-hybridized carbons (Fsp3) is 0. The van der Waals surface area contributed by atoms with Gasteiger partial charge in [-0.2, -0.15) is 0 Å². The van der Waals surface area contributed by atoms with Crippen molar-refractivity contribution < 1.29 is 47.1 Å². The maximum atomic E-state index is 8.96. The number of hydrogen-bond donors (Lipinski definition) is 0. The normalized spacial score (nSPS) is 6.00. The summed E-state index contributed by atoms with van der Waals surface area (Å²) in [4.78, 5) is 0. The van der Waals surface area contributed by atoms with Crippen LogP contribution >= 0.6 is 4.25 Å². The van der Waals surface area contributed by atoms with Gasteiger partial charge in [0, 0.05) is 0 Å². The second kappa shape index (κ2) is 4.60. The van der Waals surface area contributed by atoms with E-state index in [1.165, 1.54) is 0.615 Å². The molecule has 0 heterocycles. The van der Waals surface area contributed by atoms with Gasteiger partial charge in [0.1, 0.15) is 0 Å². The Balaban J connectivity index is 2.43. The Morgan fingerprint density at radius 1 is 2.00 bits per heavy atom.